The van der Waals surface area contributed by atoms with Crippen LogP contribution >= 0.6 is 0 Å². The molecule has 112 valence electrons. The van der Waals surface area contributed by atoms with Gasteiger partial charge in [0.1, 0.15) is 5.75 Å². The number of hydrogen-bond donors (Lipinski definition) is 1. The first-order chi connectivity index (χ1) is 9.18. The highest BCUT2D eigenvalue weighted by Crippen LogP contribution is 2.72. The highest BCUT2D eigenvalue weighted by Gasteiger charge is 2.67. The molecule has 0 amide bonds. The number of benzene rings is 1. The average molecular weight is 275 g/mol. The van der Waals surface area contributed by atoms with Gasteiger partial charge in [-0.15, -0.1) is 0 Å². The minimum absolute atomic E-state index is 0.343. The number of nitrogens with one attached hydrogen (secondary N) is 1. The lowest BCUT2D eigenvalue weighted by atomic mass is 9.91. The van der Waals surface area contributed by atoms with Gasteiger partial charge in [0.25, 0.3) is 0 Å². The van der Waals surface area contributed by atoms with E-state index in [1.807, 2.05) is 0 Å². The van der Waals surface area contributed by atoms with Gasteiger partial charge in [-0.25, -0.2) is 0 Å². The molecule has 1 aromatic rings. The van der Waals surface area contributed by atoms with Crippen molar-refractivity contribution in [1.82, 2.24) is 5.32 Å². The summed E-state index contributed by atoms with van der Waals surface area (Å²) < 4.78 is 5.66. The Morgan fingerprint density at radius 2 is 1.65 bits per heavy atom. The SMILES string of the molecule is CNC(c1c(C)cc(C)cc1OC)C1C(C)(C)C1(C)C. The smallest absolute Gasteiger partial charge is 0.124 e. The van der Waals surface area contributed by atoms with Crippen molar-refractivity contribution >= 4 is 0 Å². The van der Waals surface area contributed by atoms with Gasteiger partial charge in [0.2, 0.25) is 0 Å². The van der Waals surface area contributed by atoms with Crippen LogP contribution in [0.3, 0.4) is 0 Å². The van der Waals surface area contributed by atoms with Crippen molar-refractivity contribution < 1.29 is 4.74 Å². The van der Waals surface area contributed by atoms with Crippen LogP contribution in [0.5, 0.6) is 5.75 Å². The van der Waals surface area contributed by atoms with Gasteiger partial charge in [-0.2, -0.15) is 0 Å². The van der Waals surface area contributed by atoms with Gasteiger partial charge in [0, 0.05) is 11.6 Å². The van der Waals surface area contributed by atoms with E-state index in [0.717, 1.165) is 5.75 Å². The molecule has 0 aromatic heterocycles. The van der Waals surface area contributed by atoms with E-state index in [0.29, 0.717) is 22.8 Å². The third-order valence-corrected chi connectivity index (χ3v) is 5.80. The summed E-state index contributed by atoms with van der Waals surface area (Å²) in [5, 5.41) is 3.55. The van der Waals surface area contributed by atoms with Crippen molar-refractivity contribution in [3.8, 4) is 5.75 Å². The summed E-state index contributed by atoms with van der Waals surface area (Å²) in [5.41, 5.74) is 4.60. The zero-order valence-corrected chi connectivity index (χ0v) is 14.2. The molecule has 1 N–H and O–H groups in total. The largest absolute Gasteiger partial charge is 0.496 e. The Labute approximate surface area is 123 Å². The molecular formula is C18H29NO. The molecule has 0 heterocycles. The highest BCUT2D eigenvalue weighted by molar-refractivity contribution is 5.46. The summed E-state index contributed by atoms with van der Waals surface area (Å²) in [6, 6.07) is 4.75. The third-order valence-electron chi connectivity index (χ3n) is 5.80. The Morgan fingerprint density at radius 3 is 2.05 bits per heavy atom. The van der Waals surface area contributed by atoms with Gasteiger partial charge in [0.15, 0.2) is 0 Å². The number of ether oxygens (including phenoxy) is 1. The maximum Gasteiger partial charge on any atom is 0.124 e. The fraction of sp³-hybridized carbons (Fsp3) is 0.667. The molecule has 1 atom stereocenters. The van der Waals surface area contributed by atoms with Crippen LogP contribution in [0.1, 0.15) is 50.4 Å². The maximum atomic E-state index is 5.66. The molecule has 1 aromatic carbocycles. The lowest BCUT2D eigenvalue weighted by Crippen LogP contribution is -2.23. The van der Waals surface area contributed by atoms with Gasteiger partial charge in [-0.1, -0.05) is 33.8 Å². The van der Waals surface area contributed by atoms with Gasteiger partial charge in [0.05, 0.1) is 7.11 Å². The van der Waals surface area contributed by atoms with Crippen molar-refractivity contribution in [2.24, 2.45) is 16.7 Å². The zero-order valence-electron chi connectivity index (χ0n) is 14.2. The van der Waals surface area contributed by atoms with Crippen LogP contribution in [-0.2, 0) is 0 Å². The second-order valence-electron chi connectivity index (χ2n) is 7.39. The highest BCUT2D eigenvalue weighted by atomic mass is 16.5. The standard InChI is InChI=1S/C18H29NO/c1-11-9-12(2)14(13(10-11)20-8)15(19-7)16-17(3,4)18(16,5)6/h9-10,15-16,19H,1-8H3. The molecule has 2 rings (SSSR count). The van der Waals surface area contributed by atoms with Crippen LogP contribution in [-0.4, -0.2) is 14.2 Å². The Morgan fingerprint density at radius 1 is 1.10 bits per heavy atom. The summed E-state index contributed by atoms with van der Waals surface area (Å²) in [4.78, 5) is 0. The maximum absolute atomic E-state index is 5.66. The zero-order chi connectivity index (χ0) is 15.3. The molecular weight excluding hydrogens is 246 g/mol. The van der Waals surface area contributed by atoms with Crippen LogP contribution in [0.2, 0.25) is 0 Å². The van der Waals surface area contributed by atoms with E-state index in [1.54, 1.807) is 7.11 Å². The van der Waals surface area contributed by atoms with E-state index in [4.69, 9.17) is 4.74 Å². The van der Waals surface area contributed by atoms with E-state index < -0.39 is 0 Å². The first-order valence-corrected chi connectivity index (χ1v) is 7.51. The molecule has 0 radical (unpaired) electrons. The topological polar surface area (TPSA) is 21.3 Å². The van der Waals surface area contributed by atoms with Crippen LogP contribution in [0, 0.1) is 30.6 Å². The lowest BCUT2D eigenvalue weighted by molar-refractivity contribution is 0.379. The van der Waals surface area contributed by atoms with Crippen molar-refractivity contribution in [1.29, 1.82) is 0 Å². The summed E-state index contributed by atoms with van der Waals surface area (Å²) >= 11 is 0. The summed E-state index contributed by atoms with van der Waals surface area (Å²) in [5.74, 6) is 1.63. The first kappa shape index (κ1) is 15.4. The monoisotopic (exact) mass is 275 g/mol. The molecule has 1 fully saturated rings. The second-order valence-corrected chi connectivity index (χ2v) is 7.39. The van der Waals surface area contributed by atoms with Gasteiger partial charge >= 0.3 is 0 Å². The van der Waals surface area contributed by atoms with Crippen molar-refractivity contribution in [3.63, 3.8) is 0 Å². The minimum atomic E-state index is 0.343. The van der Waals surface area contributed by atoms with Gasteiger partial charge < -0.3 is 10.1 Å². The van der Waals surface area contributed by atoms with E-state index in [1.165, 1.54) is 16.7 Å². The first-order valence-electron chi connectivity index (χ1n) is 7.51. The summed E-state index contributed by atoms with van der Waals surface area (Å²) in [6.07, 6.45) is 0. The van der Waals surface area contributed by atoms with Crippen molar-refractivity contribution in [2.75, 3.05) is 14.2 Å². The number of hydrogen-bond acceptors (Lipinski definition) is 2. The van der Waals surface area contributed by atoms with Gasteiger partial charge in [-0.3, -0.25) is 0 Å². The quantitative estimate of drug-likeness (QED) is 0.886. The number of aryl methyl sites for hydroxylation is 2. The van der Waals surface area contributed by atoms with Crippen LogP contribution in [0.25, 0.3) is 0 Å². The van der Waals surface area contributed by atoms with Gasteiger partial charge in [-0.05, 0) is 54.8 Å². The van der Waals surface area contributed by atoms with E-state index >= 15 is 0 Å². The number of rotatable bonds is 4. The lowest BCUT2D eigenvalue weighted by Gasteiger charge is -2.24. The van der Waals surface area contributed by atoms with Crippen molar-refractivity contribution in [3.05, 3.63) is 28.8 Å². The van der Waals surface area contributed by atoms with E-state index in [-0.39, 0.29) is 0 Å². The van der Waals surface area contributed by atoms with Crippen LogP contribution < -0.4 is 10.1 Å². The second kappa shape index (κ2) is 4.77. The molecule has 1 saturated carbocycles. The van der Waals surface area contributed by atoms with Crippen molar-refractivity contribution in [2.45, 2.75) is 47.6 Å². The molecule has 0 saturated heterocycles. The molecule has 0 aliphatic heterocycles. The Bertz CT molecular complexity index is 502. The minimum Gasteiger partial charge on any atom is -0.496 e. The Kier molecular flexibility index (Phi) is 3.66. The Balaban J connectivity index is 2.50. The van der Waals surface area contributed by atoms with Crippen LogP contribution in [0.4, 0.5) is 0 Å². The molecule has 0 spiro atoms. The fourth-order valence-corrected chi connectivity index (χ4v) is 4.07. The predicted molar refractivity (Wildman–Crippen MR) is 85.3 cm³/mol. The predicted octanol–water partition coefficient (Wildman–Crippen LogP) is 4.25. The molecule has 0 bridgehead atoms. The molecule has 1 aliphatic carbocycles. The fourth-order valence-electron chi connectivity index (χ4n) is 4.07. The van der Waals surface area contributed by atoms with Crippen LogP contribution in [0.15, 0.2) is 12.1 Å². The van der Waals surface area contributed by atoms with E-state index in [2.05, 4.69) is 66.0 Å². The summed E-state index contributed by atoms with van der Waals surface area (Å²) in [7, 11) is 3.83. The molecule has 1 aliphatic rings. The molecule has 2 heteroatoms. The summed E-state index contributed by atoms with van der Waals surface area (Å²) in [6.45, 7) is 13.8. The normalized spacial score (nSPS) is 21.6. The Hall–Kier alpha value is -1.02. The third kappa shape index (κ3) is 2.05. The number of methoxy groups -OCH3 is 1. The average Bonchev–Trinajstić information content (AvgIpc) is 2.74. The molecule has 2 nitrogen and oxygen atoms in total. The molecule has 1 unspecified atom stereocenters. The molecule has 20 heavy (non-hydrogen) atoms. The van der Waals surface area contributed by atoms with E-state index in [9.17, 15) is 0 Å².